The molecule has 2 N–H and O–H groups in total. The molecule has 116 valence electrons. The maximum atomic E-state index is 12.4. The van der Waals surface area contributed by atoms with Crippen molar-refractivity contribution in [3.63, 3.8) is 0 Å². The molecule has 0 aromatic carbocycles. The van der Waals surface area contributed by atoms with Crippen LogP contribution >= 0.6 is 0 Å². The second-order valence-electron chi connectivity index (χ2n) is 5.77. The molecule has 1 fully saturated rings. The number of nitro groups is 1. The predicted molar refractivity (Wildman–Crippen MR) is 77.2 cm³/mol. The molecule has 7 nitrogen and oxygen atoms in total. The summed E-state index contributed by atoms with van der Waals surface area (Å²) in [6.07, 6.45) is 4.17. The molecule has 0 aliphatic heterocycles. The molecule has 2 unspecified atom stereocenters. The molecular weight excluding hydrogens is 274 g/mol. The van der Waals surface area contributed by atoms with Crippen molar-refractivity contribution in [2.75, 3.05) is 0 Å². The molecule has 0 bridgehead atoms. The van der Waals surface area contributed by atoms with Crippen LogP contribution in [-0.4, -0.2) is 32.6 Å². The minimum absolute atomic E-state index is 0.0595. The Balaban J connectivity index is 2.19. The van der Waals surface area contributed by atoms with Crippen molar-refractivity contribution in [2.45, 2.75) is 57.7 Å². The van der Waals surface area contributed by atoms with Gasteiger partial charge in [-0.25, -0.2) is 0 Å². The fourth-order valence-corrected chi connectivity index (χ4v) is 2.70. The summed E-state index contributed by atoms with van der Waals surface area (Å²) in [4.78, 5) is 22.7. The van der Waals surface area contributed by atoms with Crippen LogP contribution < -0.4 is 5.32 Å². The first-order valence-corrected chi connectivity index (χ1v) is 7.25. The second kappa shape index (κ2) is 6.26. The molecule has 21 heavy (non-hydrogen) atoms. The van der Waals surface area contributed by atoms with Gasteiger partial charge in [-0.1, -0.05) is 12.8 Å². The lowest BCUT2D eigenvalue weighted by molar-refractivity contribution is -0.384. The largest absolute Gasteiger partial charge is 0.391 e. The molecule has 0 spiro atoms. The Kier molecular flexibility index (Phi) is 4.62. The van der Waals surface area contributed by atoms with Gasteiger partial charge in [0.15, 0.2) is 0 Å². The summed E-state index contributed by atoms with van der Waals surface area (Å²) >= 11 is 0. The standard InChI is InChI=1S/C14H21N3O4/c1-9(2)16-8-10(17(20)21)7-12(16)14(19)15-11-5-3-4-6-13(11)18/h7-9,11,13,18H,3-6H2,1-2H3,(H,15,19). The molecule has 0 radical (unpaired) electrons. The van der Waals surface area contributed by atoms with E-state index in [0.29, 0.717) is 6.42 Å². The van der Waals surface area contributed by atoms with Crippen molar-refractivity contribution in [1.82, 2.24) is 9.88 Å². The second-order valence-corrected chi connectivity index (χ2v) is 5.77. The Morgan fingerprint density at radius 1 is 1.48 bits per heavy atom. The van der Waals surface area contributed by atoms with Gasteiger partial charge < -0.3 is 15.0 Å². The highest BCUT2D eigenvalue weighted by Gasteiger charge is 2.27. The van der Waals surface area contributed by atoms with Gasteiger partial charge in [0, 0.05) is 12.1 Å². The third-order valence-electron chi connectivity index (χ3n) is 3.88. The van der Waals surface area contributed by atoms with E-state index in [2.05, 4.69) is 5.32 Å². The summed E-state index contributed by atoms with van der Waals surface area (Å²) in [5.41, 5.74) is 0.160. The average molecular weight is 295 g/mol. The molecule has 7 heteroatoms. The first kappa shape index (κ1) is 15.5. The number of aliphatic hydroxyl groups is 1. The smallest absolute Gasteiger partial charge is 0.287 e. The van der Waals surface area contributed by atoms with Crippen LogP contribution in [0.4, 0.5) is 5.69 Å². The van der Waals surface area contributed by atoms with E-state index in [1.165, 1.54) is 12.3 Å². The lowest BCUT2D eigenvalue weighted by atomic mass is 9.92. The van der Waals surface area contributed by atoms with Crippen LogP contribution in [0, 0.1) is 10.1 Å². The number of aromatic nitrogens is 1. The van der Waals surface area contributed by atoms with Crippen LogP contribution in [0.2, 0.25) is 0 Å². The minimum atomic E-state index is -0.542. The number of nitrogens with zero attached hydrogens (tertiary/aromatic N) is 2. The zero-order chi connectivity index (χ0) is 15.6. The van der Waals surface area contributed by atoms with Gasteiger partial charge in [0.2, 0.25) is 0 Å². The van der Waals surface area contributed by atoms with E-state index in [4.69, 9.17) is 0 Å². The Morgan fingerprint density at radius 2 is 2.14 bits per heavy atom. The van der Waals surface area contributed by atoms with Crippen molar-refractivity contribution < 1.29 is 14.8 Å². The molecule has 2 rings (SSSR count). The maximum absolute atomic E-state index is 12.4. The molecule has 1 aliphatic carbocycles. The highest BCUT2D eigenvalue weighted by Crippen LogP contribution is 2.22. The number of carbonyl (C=O) groups excluding carboxylic acids is 1. The Hall–Kier alpha value is -1.89. The molecule has 2 atom stereocenters. The monoisotopic (exact) mass is 295 g/mol. The van der Waals surface area contributed by atoms with Crippen LogP contribution in [0.5, 0.6) is 0 Å². The first-order valence-electron chi connectivity index (χ1n) is 7.25. The Labute approximate surface area is 123 Å². The third-order valence-corrected chi connectivity index (χ3v) is 3.88. The molecule has 1 saturated carbocycles. The van der Waals surface area contributed by atoms with Crippen LogP contribution in [0.3, 0.4) is 0 Å². The molecular formula is C14H21N3O4. The summed E-state index contributed by atoms with van der Waals surface area (Å²) in [6, 6.07) is 0.946. The molecule has 1 heterocycles. The van der Waals surface area contributed by atoms with Gasteiger partial charge in [0.1, 0.15) is 5.69 Å². The molecule has 1 aliphatic rings. The van der Waals surface area contributed by atoms with Gasteiger partial charge in [-0.15, -0.1) is 0 Å². The summed E-state index contributed by atoms with van der Waals surface area (Å²) in [6.45, 7) is 3.71. The van der Waals surface area contributed by atoms with E-state index in [0.717, 1.165) is 19.3 Å². The number of carbonyl (C=O) groups is 1. The minimum Gasteiger partial charge on any atom is -0.391 e. The molecule has 1 aromatic heterocycles. The van der Waals surface area contributed by atoms with Gasteiger partial charge in [-0.3, -0.25) is 14.9 Å². The zero-order valence-corrected chi connectivity index (χ0v) is 12.3. The number of hydrogen-bond acceptors (Lipinski definition) is 4. The topological polar surface area (TPSA) is 97.4 Å². The SMILES string of the molecule is CC(C)n1cc([N+](=O)[O-])cc1C(=O)NC1CCCCC1O. The third kappa shape index (κ3) is 3.41. The number of rotatable bonds is 4. The molecule has 0 saturated heterocycles. The van der Waals surface area contributed by atoms with E-state index >= 15 is 0 Å². The lowest BCUT2D eigenvalue weighted by Gasteiger charge is -2.28. The Morgan fingerprint density at radius 3 is 2.71 bits per heavy atom. The molecule has 1 amide bonds. The van der Waals surface area contributed by atoms with Gasteiger partial charge in [0.25, 0.3) is 11.6 Å². The van der Waals surface area contributed by atoms with Crippen molar-refractivity contribution in [1.29, 1.82) is 0 Å². The number of nitrogens with one attached hydrogen (secondary N) is 1. The highest BCUT2D eigenvalue weighted by molar-refractivity contribution is 5.93. The van der Waals surface area contributed by atoms with Crippen LogP contribution in [-0.2, 0) is 0 Å². The van der Waals surface area contributed by atoms with Crippen LogP contribution in [0.15, 0.2) is 12.3 Å². The number of aliphatic hydroxyl groups excluding tert-OH is 1. The normalized spacial score (nSPS) is 22.3. The first-order chi connectivity index (χ1) is 9.90. The summed E-state index contributed by atoms with van der Waals surface area (Å²) in [7, 11) is 0. The maximum Gasteiger partial charge on any atom is 0.287 e. The fraction of sp³-hybridized carbons (Fsp3) is 0.643. The molecule has 1 aromatic rings. The summed E-state index contributed by atoms with van der Waals surface area (Å²) in [5.74, 6) is -0.372. The zero-order valence-electron chi connectivity index (χ0n) is 12.3. The van der Waals surface area contributed by atoms with E-state index in [1.807, 2.05) is 13.8 Å². The van der Waals surface area contributed by atoms with Crippen molar-refractivity contribution in [2.24, 2.45) is 0 Å². The number of amides is 1. The van der Waals surface area contributed by atoms with Crippen LogP contribution in [0.25, 0.3) is 0 Å². The van der Waals surface area contributed by atoms with Gasteiger partial charge in [-0.05, 0) is 26.7 Å². The fourth-order valence-electron chi connectivity index (χ4n) is 2.70. The highest BCUT2D eigenvalue weighted by atomic mass is 16.6. The quantitative estimate of drug-likeness (QED) is 0.656. The lowest BCUT2D eigenvalue weighted by Crippen LogP contribution is -2.45. The average Bonchev–Trinajstić information content (AvgIpc) is 2.87. The summed E-state index contributed by atoms with van der Waals surface area (Å²) < 4.78 is 1.59. The van der Waals surface area contributed by atoms with E-state index < -0.39 is 11.0 Å². The van der Waals surface area contributed by atoms with Crippen LogP contribution in [0.1, 0.15) is 56.1 Å². The van der Waals surface area contributed by atoms with Gasteiger partial charge in [0.05, 0.1) is 23.3 Å². The van der Waals surface area contributed by atoms with Gasteiger partial charge >= 0.3 is 0 Å². The van der Waals surface area contributed by atoms with E-state index in [-0.39, 0.29) is 29.4 Å². The van der Waals surface area contributed by atoms with Crippen molar-refractivity contribution >= 4 is 11.6 Å². The van der Waals surface area contributed by atoms with E-state index in [1.54, 1.807) is 4.57 Å². The van der Waals surface area contributed by atoms with Gasteiger partial charge in [-0.2, -0.15) is 0 Å². The van der Waals surface area contributed by atoms with E-state index in [9.17, 15) is 20.0 Å². The Bertz CT molecular complexity index is 538. The number of hydrogen-bond donors (Lipinski definition) is 2. The summed E-state index contributed by atoms with van der Waals surface area (Å²) in [5, 5.41) is 23.6. The predicted octanol–water partition coefficient (Wildman–Crippen LogP) is 2.01. The van der Waals surface area contributed by atoms with Crippen molar-refractivity contribution in [3.05, 3.63) is 28.1 Å². The van der Waals surface area contributed by atoms with Crippen molar-refractivity contribution in [3.8, 4) is 0 Å².